The van der Waals surface area contributed by atoms with Crippen molar-refractivity contribution in [2.45, 2.75) is 19.9 Å². The zero-order valence-electron chi connectivity index (χ0n) is 15.5. The van der Waals surface area contributed by atoms with E-state index in [1.165, 1.54) is 23.3 Å². The predicted octanol–water partition coefficient (Wildman–Crippen LogP) is -3.05. The molecule has 0 fully saturated rings. The van der Waals surface area contributed by atoms with Crippen molar-refractivity contribution >= 4 is 23.7 Å². The molecule has 0 saturated carbocycles. The number of halogens is 2. The van der Waals surface area contributed by atoms with Crippen LogP contribution >= 0.6 is 0 Å². The maximum atomic E-state index is 11.9. The average Bonchev–Trinajstić information content (AvgIpc) is 2.61. The lowest BCUT2D eigenvalue weighted by Crippen LogP contribution is -3.00. The second kappa shape index (κ2) is 13.0. The molecule has 5 heteroatoms. The van der Waals surface area contributed by atoms with Gasteiger partial charge in [-0.3, -0.25) is 9.59 Å². The molecule has 0 aliphatic heterocycles. The minimum atomic E-state index is -0.191. The van der Waals surface area contributed by atoms with Crippen LogP contribution in [0.4, 0.5) is 0 Å². The topological polar surface area (TPSA) is 50.8 Å². The molecule has 0 unspecified atom stereocenters. The van der Waals surface area contributed by atoms with Gasteiger partial charge in [0.05, 0.1) is 13.5 Å². The lowest BCUT2D eigenvalue weighted by atomic mass is 10.1. The summed E-state index contributed by atoms with van der Waals surface area (Å²) in [6.45, 7) is 2.95. The van der Waals surface area contributed by atoms with Crippen LogP contribution in [0.3, 0.4) is 0 Å². The van der Waals surface area contributed by atoms with Gasteiger partial charge in [-0.05, 0) is 30.2 Å². The number of aryl methyl sites for hydroxylation is 1. The van der Waals surface area contributed by atoms with Crippen LogP contribution in [0.15, 0.2) is 60.7 Å². The molecule has 3 nitrogen and oxygen atoms in total. The van der Waals surface area contributed by atoms with Crippen molar-refractivity contribution in [2.24, 2.45) is 0 Å². The number of carbonyl (C=O) groups excluding carboxylic acids is 2. The van der Waals surface area contributed by atoms with E-state index in [-0.39, 0.29) is 42.8 Å². The Morgan fingerprint density at radius 3 is 1.70 bits per heavy atom. The summed E-state index contributed by atoms with van der Waals surface area (Å²) in [5.41, 5.74) is 4.31. The van der Waals surface area contributed by atoms with Gasteiger partial charge in [-0.1, -0.05) is 66.2 Å². The van der Waals surface area contributed by atoms with Gasteiger partial charge >= 0.3 is 0 Å². The molecule has 0 aliphatic carbocycles. The summed E-state index contributed by atoms with van der Waals surface area (Å²) in [6, 6.07) is 15.9. The molecule has 0 atom stereocenters. The standard InChI is InChI=1S/C22H23NO2.2ClH/c1-17-3-5-18(6-4-17)11-13-21(24)15-22(25)14-12-19-7-9-20(10-8-19)16-23-2;;/h3-14,23H,15-16H2,1-2H3;2*1H/p-1/b13-11+,14-12+;;. The minimum Gasteiger partial charge on any atom is -1.00 e. The molecule has 27 heavy (non-hydrogen) atoms. The lowest BCUT2D eigenvalue weighted by molar-refractivity contribution is -0.643. The van der Waals surface area contributed by atoms with Gasteiger partial charge < -0.3 is 30.1 Å². The van der Waals surface area contributed by atoms with E-state index < -0.39 is 0 Å². The Bertz CT molecular complexity index is 779. The molecule has 0 saturated heterocycles. The Hall–Kier alpha value is -2.20. The van der Waals surface area contributed by atoms with Gasteiger partial charge in [0.25, 0.3) is 0 Å². The number of hydrogen-bond donors (Lipinski definition) is 1. The summed E-state index contributed by atoms with van der Waals surface area (Å²) < 4.78 is 0. The van der Waals surface area contributed by atoms with Crippen LogP contribution in [-0.4, -0.2) is 18.6 Å². The Labute approximate surface area is 173 Å². The minimum absolute atomic E-state index is 0. The monoisotopic (exact) mass is 404 g/mol. The highest BCUT2D eigenvalue weighted by atomic mass is 35.5. The van der Waals surface area contributed by atoms with Crippen LogP contribution in [0.5, 0.6) is 0 Å². The van der Waals surface area contributed by atoms with Crippen LogP contribution < -0.4 is 30.1 Å². The Kier molecular flexibility index (Phi) is 12.0. The first-order chi connectivity index (χ1) is 12.1. The van der Waals surface area contributed by atoms with Gasteiger partial charge in [0.1, 0.15) is 6.54 Å². The Morgan fingerprint density at radius 2 is 1.26 bits per heavy atom. The Balaban J connectivity index is 0.00000338. The van der Waals surface area contributed by atoms with Crippen molar-refractivity contribution in [3.05, 3.63) is 82.9 Å². The molecule has 0 aromatic heterocycles. The number of rotatable bonds is 8. The van der Waals surface area contributed by atoms with Crippen LogP contribution in [0.2, 0.25) is 0 Å². The third-order valence-corrected chi connectivity index (χ3v) is 3.77. The number of ketones is 2. The van der Waals surface area contributed by atoms with Gasteiger partial charge in [-0.15, -0.1) is 0 Å². The second-order valence-electron chi connectivity index (χ2n) is 6.04. The molecule has 0 aliphatic rings. The number of benzene rings is 2. The van der Waals surface area contributed by atoms with Gasteiger partial charge in [-0.2, -0.15) is 0 Å². The lowest BCUT2D eigenvalue weighted by Gasteiger charge is -1.98. The first-order valence-electron chi connectivity index (χ1n) is 8.42. The molecule has 0 amide bonds. The fourth-order valence-electron chi connectivity index (χ4n) is 2.35. The number of hydrogen-bond acceptors (Lipinski definition) is 2. The highest BCUT2D eigenvalue weighted by molar-refractivity contribution is 6.10. The maximum Gasteiger partial charge on any atom is 0.163 e. The summed E-state index contributed by atoms with van der Waals surface area (Å²) in [7, 11) is 2.02. The summed E-state index contributed by atoms with van der Waals surface area (Å²) in [5.74, 6) is -0.381. The summed E-state index contributed by atoms with van der Waals surface area (Å²) in [4.78, 5) is 23.8. The van der Waals surface area contributed by atoms with E-state index in [9.17, 15) is 9.59 Å². The van der Waals surface area contributed by atoms with Crippen molar-refractivity contribution < 1.29 is 39.7 Å². The molecular formula is C22H24Cl2NO2-. The van der Waals surface area contributed by atoms with E-state index in [0.29, 0.717) is 0 Å². The normalized spacial score (nSPS) is 10.4. The molecule has 2 aromatic rings. The summed E-state index contributed by atoms with van der Waals surface area (Å²) in [5, 5.41) is 2.10. The molecule has 0 heterocycles. The number of carbonyl (C=O) groups is 2. The van der Waals surface area contributed by atoms with Crippen molar-refractivity contribution in [2.75, 3.05) is 7.05 Å². The average molecular weight is 405 g/mol. The van der Waals surface area contributed by atoms with Crippen molar-refractivity contribution in [1.82, 2.24) is 0 Å². The quantitative estimate of drug-likeness (QED) is 0.375. The first kappa shape index (κ1) is 24.8. The highest BCUT2D eigenvalue weighted by Gasteiger charge is 2.03. The van der Waals surface area contributed by atoms with Crippen molar-refractivity contribution in [3.63, 3.8) is 0 Å². The van der Waals surface area contributed by atoms with Gasteiger partial charge in [-0.25, -0.2) is 0 Å². The van der Waals surface area contributed by atoms with E-state index in [4.69, 9.17) is 0 Å². The van der Waals surface area contributed by atoms with E-state index in [1.807, 2.05) is 62.5 Å². The summed E-state index contributed by atoms with van der Waals surface area (Å²) in [6.07, 6.45) is 6.31. The maximum absolute atomic E-state index is 11.9. The summed E-state index contributed by atoms with van der Waals surface area (Å²) >= 11 is 0. The molecule has 2 aromatic carbocycles. The first-order valence-corrected chi connectivity index (χ1v) is 8.42. The number of allylic oxidation sites excluding steroid dienone is 2. The molecule has 0 bridgehead atoms. The van der Waals surface area contributed by atoms with E-state index >= 15 is 0 Å². The highest BCUT2D eigenvalue weighted by Crippen LogP contribution is 2.07. The molecule has 2 rings (SSSR count). The molecular weight excluding hydrogens is 381 g/mol. The third kappa shape index (κ3) is 9.34. The van der Waals surface area contributed by atoms with Crippen LogP contribution in [-0.2, 0) is 16.1 Å². The largest absolute Gasteiger partial charge is 1.00 e. The SMILES string of the molecule is C[NH2+]Cc1ccc(/C=C/C(=O)CC(=O)/C=C/c2ccc(C)cc2)cc1.[Cl-].[Cl-]. The van der Waals surface area contributed by atoms with Gasteiger partial charge in [0, 0.05) is 5.56 Å². The predicted molar refractivity (Wildman–Crippen MR) is 102 cm³/mol. The van der Waals surface area contributed by atoms with Crippen LogP contribution in [0.1, 0.15) is 28.7 Å². The van der Waals surface area contributed by atoms with Crippen molar-refractivity contribution in [1.29, 1.82) is 0 Å². The number of quaternary nitrogens is 1. The molecule has 2 N–H and O–H groups in total. The fraction of sp³-hybridized carbons (Fsp3) is 0.182. The molecule has 144 valence electrons. The van der Waals surface area contributed by atoms with Crippen molar-refractivity contribution in [3.8, 4) is 0 Å². The van der Waals surface area contributed by atoms with E-state index in [1.54, 1.807) is 12.2 Å². The zero-order valence-corrected chi connectivity index (χ0v) is 17.0. The van der Waals surface area contributed by atoms with E-state index in [2.05, 4.69) is 5.32 Å². The van der Waals surface area contributed by atoms with Gasteiger partial charge in [0.2, 0.25) is 0 Å². The second-order valence-corrected chi connectivity index (χ2v) is 6.04. The third-order valence-electron chi connectivity index (χ3n) is 3.77. The molecule has 0 radical (unpaired) electrons. The van der Waals surface area contributed by atoms with Crippen LogP contribution in [0.25, 0.3) is 12.2 Å². The van der Waals surface area contributed by atoms with Gasteiger partial charge in [0.15, 0.2) is 11.6 Å². The Morgan fingerprint density at radius 1 is 0.815 bits per heavy atom. The zero-order chi connectivity index (χ0) is 18.1. The molecule has 0 spiro atoms. The van der Waals surface area contributed by atoms with E-state index in [0.717, 1.165) is 17.7 Å². The fourth-order valence-corrected chi connectivity index (χ4v) is 2.35. The number of nitrogens with two attached hydrogens (primary N) is 1. The smallest absolute Gasteiger partial charge is 0.163 e. The van der Waals surface area contributed by atoms with Crippen LogP contribution in [0, 0.1) is 6.92 Å².